The molecule has 0 aliphatic carbocycles. The molecule has 21 heavy (non-hydrogen) atoms. The van der Waals surface area contributed by atoms with E-state index in [0.717, 1.165) is 12.1 Å². The van der Waals surface area contributed by atoms with Crippen molar-refractivity contribution < 1.29 is 19.9 Å². The number of nitrogens with zero attached hydrogens (tertiary/aromatic N) is 2. The van der Waals surface area contributed by atoms with E-state index in [1.165, 1.54) is 6.07 Å². The molecule has 0 saturated heterocycles. The van der Waals surface area contributed by atoms with Gasteiger partial charge in [-0.25, -0.2) is 4.98 Å². The number of nitro groups is 1. The molecule has 2 aromatic rings. The summed E-state index contributed by atoms with van der Waals surface area (Å²) >= 11 is 5.87. The molecule has 1 aromatic heterocycles. The maximum atomic E-state index is 12.3. The van der Waals surface area contributed by atoms with Crippen molar-refractivity contribution in [1.82, 2.24) is 4.98 Å². The Hall–Kier alpha value is -2.67. The number of hydrogen-bond acceptors (Lipinski definition) is 6. The number of halogens is 1. The highest BCUT2D eigenvalue weighted by atomic mass is 35.5. The Kier molecular flexibility index (Phi) is 3.77. The Morgan fingerprint density at radius 2 is 2.00 bits per heavy atom. The molecular weight excluding hydrogens is 300 g/mol. The number of rotatable bonds is 3. The van der Waals surface area contributed by atoms with Gasteiger partial charge in [0, 0.05) is 17.3 Å². The lowest BCUT2D eigenvalue weighted by Crippen LogP contribution is -2.05. The lowest BCUT2D eigenvalue weighted by molar-refractivity contribution is -0.386. The third-order valence-electron chi connectivity index (χ3n) is 2.76. The summed E-state index contributed by atoms with van der Waals surface area (Å²) in [6.45, 7) is 1.69. The van der Waals surface area contributed by atoms with E-state index in [1.807, 2.05) is 0 Å². The van der Waals surface area contributed by atoms with Crippen molar-refractivity contribution >= 4 is 23.1 Å². The Morgan fingerprint density at radius 1 is 1.33 bits per heavy atom. The Bertz CT molecular complexity index is 760. The van der Waals surface area contributed by atoms with Crippen LogP contribution >= 0.6 is 11.6 Å². The third kappa shape index (κ3) is 2.77. The van der Waals surface area contributed by atoms with Crippen LogP contribution in [0.4, 0.5) is 5.69 Å². The van der Waals surface area contributed by atoms with Gasteiger partial charge in [0.1, 0.15) is 5.15 Å². The molecule has 2 N–H and O–H groups in total. The number of phenolic OH excluding ortho intramolecular Hbond substituents is 2. The summed E-state index contributed by atoms with van der Waals surface area (Å²) in [4.78, 5) is 26.1. The van der Waals surface area contributed by atoms with Gasteiger partial charge in [-0.1, -0.05) is 11.6 Å². The Balaban J connectivity index is 2.56. The molecule has 7 nitrogen and oxygen atoms in total. The van der Waals surface area contributed by atoms with Crippen molar-refractivity contribution in [2.45, 2.75) is 6.92 Å². The van der Waals surface area contributed by atoms with Crippen LogP contribution in [0.25, 0.3) is 0 Å². The van der Waals surface area contributed by atoms with Crippen molar-refractivity contribution in [2.24, 2.45) is 0 Å². The smallest absolute Gasteiger partial charge is 0.315 e. The predicted octanol–water partition coefficient (Wildman–Crippen LogP) is 2.59. The van der Waals surface area contributed by atoms with Crippen molar-refractivity contribution in [3.63, 3.8) is 0 Å². The first-order valence-corrected chi connectivity index (χ1v) is 6.07. The highest BCUT2D eigenvalue weighted by Gasteiger charge is 2.23. The van der Waals surface area contributed by atoms with E-state index in [0.29, 0.717) is 5.69 Å². The molecule has 108 valence electrons. The first kappa shape index (κ1) is 14.7. The van der Waals surface area contributed by atoms with E-state index in [1.54, 1.807) is 13.0 Å². The molecular formula is C13H9ClN2O5. The number of aryl methyl sites for hydroxylation is 1. The van der Waals surface area contributed by atoms with Crippen molar-refractivity contribution in [2.75, 3.05) is 0 Å². The summed E-state index contributed by atoms with van der Waals surface area (Å²) in [7, 11) is 0. The van der Waals surface area contributed by atoms with E-state index < -0.39 is 27.9 Å². The standard InChI is InChI=1S/C13H9ClN2O5/c1-6-2-3-8(13(14)15-6)11(18)7-4-9(16(20)21)12(19)10(17)5-7/h2-5,17,19H,1H3. The van der Waals surface area contributed by atoms with E-state index in [-0.39, 0.29) is 16.3 Å². The van der Waals surface area contributed by atoms with Gasteiger partial charge in [-0.15, -0.1) is 0 Å². The van der Waals surface area contributed by atoms with E-state index in [9.17, 15) is 25.1 Å². The maximum Gasteiger partial charge on any atom is 0.315 e. The average Bonchev–Trinajstić information content (AvgIpc) is 2.40. The lowest BCUT2D eigenvalue weighted by atomic mass is 10.0. The number of aromatic nitrogens is 1. The number of aromatic hydroxyl groups is 2. The minimum Gasteiger partial charge on any atom is -0.504 e. The highest BCUT2D eigenvalue weighted by molar-refractivity contribution is 6.33. The van der Waals surface area contributed by atoms with Crippen LogP contribution in [0.3, 0.4) is 0 Å². The number of carbonyl (C=O) groups excluding carboxylic acids is 1. The molecule has 0 saturated carbocycles. The number of pyridine rings is 1. The molecule has 0 spiro atoms. The fourth-order valence-electron chi connectivity index (χ4n) is 1.72. The Morgan fingerprint density at radius 3 is 2.57 bits per heavy atom. The zero-order valence-electron chi connectivity index (χ0n) is 10.7. The van der Waals surface area contributed by atoms with Crippen LogP contribution in [0.1, 0.15) is 21.6 Å². The van der Waals surface area contributed by atoms with E-state index in [4.69, 9.17) is 11.6 Å². The topological polar surface area (TPSA) is 114 Å². The summed E-state index contributed by atoms with van der Waals surface area (Å²) in [5, 5.41) is 29.6. The average molecular weight is 309 g/mol. The molecule has 8 heteroatoms. The monoisotopic (exact) mass is 308 g/mol. The first-order valence-electron chi connectivity index (χ1n) is 5.69. The molecule has 0 fully saturated rings. The molecule has 0 unspecified atom stereocenters. The Labute approximate surface area is 123 Å². The highest BCUT2D eigenvalue weighted by Crippen LogP contribution is 2.36. The first-order chi connectivity index (χ1) is 9.81. The minimum atomic E-state index is -0.902. The second-order valence-corrected chi connectivity index (χ2v) is 4.60. The van der Waals surface area contributed by atoms with Gasteiger partial charge in [-0.3, -0.25) is 14.9 Å². The van der Waals surface area contributed by atoms with Crippen molar-refractivity contribution in [1.29, 1.82) is 0 Å². The third-order valence-corrected chi connectivity index (χ3v) is 3.05. The quantitative estimate of drug-likeness (QED) is 0.296. The van der Waals surface area contributed by atoms with Gasteiger partial charge in [0.25, 0.3) is 0 Å². The fourth-order valence-corrected chi connectivity index (χ4v) is 2.01. The fraction of sp³-hybridized carbons (Fsp3) is 0.0769. The summed E-state index contributed by atoms with van der Waals surface area (Å²) in [6, 6.07) is 4.80. The SMILES string of the molecule is Cc1ccc(C(=O)c2cc(O)c(O)c([N+](=O)[O-])c2)c(Cl)n1. The molecule has 0 atom stereocenters. The van der Waals surface area contributed by atoms with Crippen LogP contribution in [-0.2, 0) is 0 Å². The van der Waals surface area contributed by atoms with Crippen LogP contribution < -0.4 is 0 Å². The zero-order valence-corrected chi connectivity index (χ0v) is 11.5. The van der Waals surface area contributed by atoms with E-state index >= 15 is 0 Å². The van der Waals surface area contributed by atoms with Crippen LogP contribution in [0.15, 0.2) is 24.3 Å². The summed E-state index contributed by atoms with van der Waals surface area (Å²) < 4.78 is 0. The van der Waals surface area contributed by atoms with Gasteiger partial charge >= 0.3 is 5.69 Å². The molecule has 0 amide bonds. The number of carbonyl (C=O) groups is 1. The van der Waals surface area contributed by atoms with Gasteiger partial charge < -0.3 is 10.2 Å². The van der Waals surface area contributed by atoms with Crippen molar-refractivity contribution in [3.8, 4) is 11.5 Å². The second-order valence-electron chi connectivity index (χ2n) is 4.24. The van der Waals surface area contributed by atoms with Crippen LogP contribution in [-0.4, -0.2) is 25.9 Å². The predicted molar refractivity (Wildman–Crippen MR) is 73.8 cm³/mol. The molecule has 0 bridgehead atoms. The number of nitro benzene ring substituents is 1. The van der Waals surface area contributed by atoms with Gasteiger partial charge in [0.15, 0.2) is 11.5 Å². The minimum absolute atomic E-state index is 0.0432. The summed E-state index contributed by atoms with van der Waals surface area (Å²) in [5.74, 6) is -2.31. The van der Waals surface area contributed by atoms with Gasteiger partial charge in [0.2, 0.25) is 5.75 Å². The van der Waals surface area contributed by atoms with Crippen LogP contribution in [0.5, 0.6) is 11.5 Å². The number of benzene rings is 1. The van der Waals surface area contributed by atoms with Gasteiger partial charge in [0.05, 0.1) is 10.5 Å². The molecule has 1 aromatic carbocycles. The largest absolute Gasteiger partial charge is 0.504 e. The number of ketones is 1. The molecule has 2 rings (SSSR count). The molecule has 0 radical (unpaired) electrons. The summed E-state index contributed by atoms with van der Waals surface area (Å²) in [6.07, 6.45) is 0. The second kappa shape index (κ2) is 5.37. The lowest BCUT2D eigenvalue weighted by Gasteiger charge is -2.06. The maximum absolute atomic E-state index is 12.3. The van der Waals surface area contributed by atoms with Crippen molar-refractivity contribution in [3.05, 3.63) is 56.4 Å². The molecule has 1 heterocycles. The van der Waals surface area contributed by atoms with Gasteiger partial charge in [-0.2, -0.15) is 0 Å². The zero-order chi connectivity index (χ0) is 15.7. The number of phenols is 2. The van der Waals surface area contributed by atoms with Gasteiger partial charge in [-0.05, 0) is 25.1 Å². The molecule has 0 aliphatic rings. The summed E-state index contributed by atoms with van der Waals surface area (Å²) in [5.41, 5.74) is -0.295. The molecule has 0 aliphatic heterocycles. The normalized spacial score (nSPS) is 10.4. The van der Waals surface area contributed by atoms with E-state index in [2.05, 4.69) is 4.98 Å². The van der Waals surface area contributed by atoms with Crippen LogP contribution in [0.2, 0.25) is 5.15 Å². The number of hydrogen-bond donors (Lipinski definition) is 2. The van der Waals surface area contributed by atoms with Crippen LogP contribution in [0, 0.1) is 17.0 Å².